The lowest BCUT2D eigenvalue weighted by Gasteiger charge is -2.52. The van der Waals surface area contributed by atoms with Crippen LogP contribution in [0.4, 0.5) is 45.5 Å². The van der Waals surface area contributed by atoms with Crippen LogP contribution in [-0.4, -0.2) is 12.9 Å². The number of hydrogen-bond donors (Lipinski definition) is 0. The smallest absolute Gasteiger partial charge is 0.252 e. The van der Waals surface area contributed by atoms with E-state index in [-0.39, 0.29) is 33.8 Å². The van der Waals surface area contributed by atoms with Gasteiger partial charge >= 0.3 is 0 Å². The van der Waals surface area contributed by atoms with Crippen molar-refractivity contribution in [3.05, 3.63) is 203 Å². The molecule has 7 aromatic rings. The van der Waals surface area contributed by atoms with E-state index in [0.717, 1.165) is 24.1 Å². The molecule has 3 aliphatic heterocycles. The van der Waals surface area contributed by atoms with E-state index in [0.29, 0.717) is 0 Å². The van der Waals surface area contributed by atoms with Gasteiger partial charge in [-0.3, -0.25) is 4.99 Å². The molecule has 11 rings (SSSR count). The van der Waals surface area contributed by atoms with Gasteiger partial charge in [0.25, 0.3) is 6.71 Å². The molecule has 4 nitrogen and oxygen atoms in total. The third-order valence-corrected chi connectivity index (χ3v) is 17.8. The summed E-state index contributed by atoms with van der Waals surface area (Å²) in [5.74, 6) is 0. The predicted molar refractivity (Wildman–Crippen MR) is 326 cm³/mol. The highest BCUT2D eigenvalue weighted by molar-refractivity contribution is 7.00. The van der Waals surface area contributed by atoms with Crippen molar-refractivity contribution in [1.82, 2.24) is 0 Å². The monoisotopic (exact) mass is 985 g/mol. The molecular weight excluding hydrogens is 908 g/mol. The van der Waals surface area contributed by atoms with Crippen molar-refractivity contribution >= 4 is 80.4 Å². The highest BCUT2D eigenvalue weighted by Crippen LogP contribution is 2.65. The standard InChI is InChI=1S/C70H77BN4/c1-17-45(44-72-18-2)47-26-34-59-56(38-47)69(15)37-36-46-22-19-20-25-55(46)70(69,16)75(59)54-42-62-64-63(43-54)74(53-24-21-23-49(39-53)66(6,7)8)61-41-51(68(12,13)14)29-33-57(61)71(64)58-40-50(67(9,10)11)30-35-60(58)73(62)52-31-27-48(28-32-52)65(3,4)5/h17-35,38-44H,2,36-37H2,1,3-16H3/b45-17+,72-44-. The van der Waals surface area contributed by atoms with Crippen LogP contribution in [-0.2, 0) is 39.0 Å². The molecular formula is C70H77BN4. The van der Waals surface area contributed by atoms with E-state index in [9.17, 15) is 0 Å². The largest absolute Gasteiger partial charge is 0.330 e. The Labute approximate surface area is 450 Å². The number of aryl methyl sites for hydroxylation is 1. The molecule has 0 N–H and O–H groups in total. The Hall–Kier alpha value is -6.85. The second-order valence-electron chi connectivity index (χ2n) is 26.5. The fourth-order valence-electron chi connectivity index (χ4n) is 13.2. The fraction of sp³-hybridized carbons (Fsp3) is 0.329. The lowest BCUT2D eigenvalue weighted by atomic mass is 9.33. The number of nitrogens with zero attached hydrogens (tertiary/aromatic N) is 4. The molecule has 75 heavy (non-hydrogen) atoms. The van der Waals surface area contributed by atoms with Crippen molar-refractivity contribution in [1.29, 1.82) is 0 Å². The Morgan fingerprint density at radius 3 is 1.79 bits per heavy atom. The molecule has 4 aliphatic rings. The number of hydrogen-bond acceptors (Lipinski definition) is 4. The van der Waals surface area contributed by atoms with Crippen molar-refractivity contribution in [2.75, 3.05) is 14.7 Å². The Balaban J connectivity index is 1.29. The van der Waals surface area contributed by atoms with Gasteiger partial charge in [-0.25, -0.2) is 0 Å². The number of benzene rings is 7. The van der Waals surface area contributed by atoms with E-state index in [1.54, 1.807) is 6.20 Å². The van der Waals surface area contributed by atoms with Crippen LogP contribution in [0.25, 0.3) is 5.57 Å². The predicted octanol–water partition coefficient (Wildman–Crippen LogP) is 16.8. The summed E-state index contributed by atoms with van der Waals surface area (Å²) < 4.78 is 0. The molecule has 2 atom stereocenters. The summed E-state index contributed by atoms with van der Waals surface area (Å²) in [5.41, 5.74) is 24.5. The van der Waals surface area contributed by atoms with Crippen molar-refractivity contribution in [2.24, 2.45) is 4.99 Å². The average molecular weight is 985 g/mol. The van der Waals surface area contributed by atoms with Crippen LogP contribution >= 0.6 is 0 Å². The Morgan fingerprint density at radius 1 is 0.533 bits per heavy atom. The van der Waals surface area contributed by atoms with Crippen LogP contribution in [0.1, 0.15) is 155 Å². The first kappa shape index (κ1) is 50.3. The zero-order valence-corrected chi connectivity index (χ0v) is 47.5. The van der Waals surface area contributed by atoms with Gasteiger partial charge in [-0.1, -0.05) is 182 Å². The maximum atomic E-state index is 4.51. The Kier molecular flexibility index (Phi) is 11.6. The van der Waals surface area contributed by atoms with Crippen molar-refractivity contribution < 1.29 is 0 Å². The van der Waals surface area contributed by atoms with Crippen LogP contribution < -0.4 is 31.1 Å². The quantitative estimate of drug-likeness (QED) is 0.122. The molecule has 7 aromatic carbocycles. The third-order valence-electron chi connectivity index (χ3n) is 17.8. The van der Waals surface area contributed by atoms with Crippen molar-refractivity contribution in [3.8, 4) is 0 Å². The topological polar surface area (TPSA) is 22.1 Å². The minimum atomic E-state index is -0.454. The van der Waals surface area contributed by atoms with Gasteiger partial charge in [0.2, 0.25) is 0 Å². The molecule has 2 unspecified atom stereocenters. The van der Waals surface area contributed by atoms with Gasteiger partial charge in [0, 0.05) is 63.3 Å². The van der Waals surface area contributed by atoms with Gasteiger partial charge in [-0.15, -0.1) is 0 Å². The summed E-state index contributed by atoms with van der Waals surface area (Å²) in [5, 5.41) is 0. The lowest BCUT2D eigenvalue weighted by molar-refractivity contribution is 0.245. The maximum absolute atomic E-state index is 4.51. The number of rotatable bonds is 6. The first-order valence-corrected chi connectivity index (χ1v) is 27.5. The summed E-state index contributed by atoms with van der Waals surface area (Å²) in [6.45, 7) is 39.1. The van der Waals surface area contributed by atoms with Gasteiger partial charge in [-0.2, -0.15) is 0 Å². The SMILES string of the molecule is C=C/N=C\C(=C/C)c1ccc2c(c1)C1(C)CCc3ccccc3C1(C)N2c1cc2c3c(c1)N(c1cccc(C(C)(C)C)c1)c1cc(C(C)(C)C)ccc1B3c1cc(C(C)(C)C)ccc1N2c1ccc(C(C)(C)C)cc1. The summed E-state index contributed by atoms with van der Waals surface area (Å²) in [6.07, 6.45) is 7.77. The molecule has 0 fully saturated rings. The molecule has 5 heteroatoms. The molecule has 380 valence electrons. The summed E-state index contributed by atoms with van der Waals surface area (Å²) in [4.78, 5) is 12.5. The molecule has 0 bridgehead atoms. The van der Waals surface area contributed by atoms with Crippen molar-refractivity contribution in [3.63, 3.8) is 0 Å². The summed E-state index contributed by atoms with van der Waals surface area (Å²) in [7, 11) is 0. The first-order valence-electron chi connectivity index (χ1n) is 27.5. The van der Waals surface area contributed by atoms with Crippen LogP contribution in [0, 0.1) is 0 Å². The van der Waals surface area contributed by atoms with Crippen molar-refractivity contribution in [2.45, 2.75) is 149 Å². The summed E-state index contributed by atoms with van der Waals surface area (Å²) in [6, 6.07) is 55.2. The summed E-state index contributed by atoms with van der Waals surface area (Å²) >= 11 is 0. The third kappa shape index (κ3) is 7.88. The van der Waals surface area contributed by atoms with Crippen LogP contribution in [0.15, 0.2) is 163 Å². The van der Waals surface area contributed by atoms with Gasteiger partial charge in [0.15, 0.2) is 0 Å². The number of anilines is 8. The molecule has 0 aromatic heterocycles. The normalized spacial score (nSPS) is 19.1. The maximum Gasteiger partial charge on any atom is 0.252 e. The molecule has 3 heterocycles. The first-order chi connectivity index (χ1) is 35.4. The van der Waals surface area contributed by atoms with E-state index in [4.69, 9.17) is 0 Å². The van der Waals surface area contributed by atoms with Crippen LogP contribution in [0.5, 0.6) is 0 Å². The second-order valence-corrected chi connectivity index (χ2v) is 26.5. The Morgan fingerprint density at radius 2 is 1.13 bits per heavy atom. The number of fused-ring (bicyclic) bond motifs is 9. The molecule has 0 saturated heterocycles. The van der Waals surface area contributed by atoms with E-state index < -0.39 is 5.54 Å². The Bertz CT molecular complexity index is 3510. The average Bonchev–Trinajstić information content (AvgIpc) is 3.69. The number of aliphatic imine (C=N–C) groups is 1. The molecule has 0 saturated carbocycles. The van der Waals surface area contributed by atoms with E-state index in [1.807, 2.05) is 6.21 Å². The van der Waals surface area contributed by atoms with Gasteiger partial charge < -0.3 is 14.7 Å². The molecule has 0 amide bonds. The van der Waals surface area contributed by atoms with Crippen LogP contribution in [0.2, 0.25) is 0 Å². The molecule has 1 aliphatic carbocycles. The zero-order chi connectivity index (χ0) is 53.4. The highest BCUT2D eigenvalue weighted by Gasteiger charge is 2.60. The number of allylic oxidation sites excluding steroid dienone is 2. The van der Waals surface area contributed by atoms with Crippen LogP contribution in [0.3, 0.4) is 0 Å². The van der Waals surface area contributed by atoms with Gasteiger partial charge in [0.05, 0.1) is 5.54 Å². The lowest BCUT2D eigenvalue weighted by Crippen LogP contribution is -2.61. The second kappa shape index (κ2) is 17.3. The van der Waals surface area contributed by atoms with E-state index in [2.05, 4.69) is 276 Å². The fourth-order valence-corrected chi connectivity index (χ4v) is 13.2. The minimum Gasteiger partial charge on any atom is -0.330 e. The highest BCUT2D eigenvalue weighted by atomic mass is 15.3. The molecule has 0 spiro atoms. The van der Waals surface area contributed by atoms with Gasteiger partial charge in [0.1, 0.15) is 0 Å². The van der Waals surface area contributed by atoms with E-state index >= 15 is 0 Å². The van der Waals surface area contributed by atoms with Gasteiger partial charge in [-0.05, 0) is 175 Å². The van der Waals surface area contributed by atoms with E-state index in [1.165, 1.54) is 101 Å². The minimum absolute atomic E-state index is 0.00929. The molecule has 0 radical (unpaired) electrons. The zero-order valence-electron chi connectivity index (χ0n) is 47.5.